The molecule has 6 rings (SSSR count). The molecule has 0 saturated carbocycles. The fraction of sp³-hybridized carbons (Fsp3) is 0.0909. The van der Waals surface area contributed by atoms with E-state index >= 15 is 0 Å². The number of fused-ring (bicyclic) bond motifs is 2. The molecule has 0 aliphatic heterocycles. The third-order valence-electron chi connectivity index (χ3n) is 6.76. The summed E-state index contributed by atoms with van der Waals surface area (Å²) in [5, 5.41) is 9.08. The molecule has 1 N–H and O–H groups in total. The van der Waals surface area contributed by atoms with Gasteiger partial charge in [-0.1, -0.05) is 48.0 Å². The van der Waals surface area contributed by atoms with Crippen LogP contribution in [0, 0.1) is 6.92 Å². The number of nitrogens with one attached hydrogen (secondary N) is 1. The van der Waals surface area contributed by atoms with E-state index in [1.807, 2.05) is 31.2 Å². The average molecular weight is 593 g/mol. The van der Waals surface area contributed by atoms with Gasteiger partial charge in [0.2, 0.25) is 5.82 Å². The number of carbonyl (C=O) groups is 1. The summed E-state index contributed by atoms with van der Waals surface area (Å²) < 4.78 is 18.6. The van der Waals surface area contributed by atoms with Crippen molar-refractivity contribution in [3.8, 4) is 23.1 Å². The maximum atomic E-state index is 13.7. The molecular weight excluding hydrogens is 568 g/mol. The summed E-state index contributed by atoms with van der Waals surface area (Å²) >= 11 is 6.18. The molecule has 1 amide bonds. The zero-order valence-corrected chi connectivity index (χ0v) is 24.0. The lowest BCUT2D eigenvalue weighted by atomic mass is 10.2. The van der Waals surface area contributed by atoms with E-state index < -0.39 is 5.56 Å². The van der Waals surface area contributed by atoms with Crippen molar-refractivity contribution in [2.45, 2.75) is 6.92 Å². The molecule has 0 spiro atoms. The number of benzene rings is 4. The van der Waals surface area contributed by atoms with E-state index in [0.717, 1.165) is 10.9 Å². The van der Waals surface area contributed by atoms with Crippen LogP contribution in [0.4, 0.5) is 5.69 Å². The van der Waals surface area contributed by atoms with Crippen molar-refractivity contribution >= 4 is 51.3 Å². The van der Waals surface area contributed by atoms with E-state index in [1.165, 1.54) is 18.0 Å². The molecule has 6 aromatic rings. The summed E-state index contributed by atoms with van der Waals surface area (Å²) in [5.41, 5.74) is 2.80. The molecule has 10 heteroatoms. The van der Waals surface area contributed by atoms with Gasteiger partial charge >= 0.3 is 0 Å². The van der Waals surface area contributed by atoms with E-state index in [9.17, 15) is 9.59 Å². The highest BCUT2D eigenvalue weighted by Gasteiger charge is 2.18. The lowest BCUT2D eigenvalue weighted by molar-refractivity contribution is -0.118. The predicted molar refractivity (Wildman–Crippen MR) is 168 cm³/mol. The smallest absolute Gasteiger partial charge is 0.282 e. The summed E-state index contributed by atoms with van der Waals surface area (Å²) in [4.78, 5) is 31.1. The number of anilines is 1. The van der Waals surface area contributed by atoms with Gasteiger partial charge in [-0.05, 0) is 67.1 Å². The number of aryl methyl sites for hydroxylation is 1. The zero-order valence-electron chi connectivity index (χ0n) is 23.2. The maximum Gasteiger partial charge on any atom is 0.282 e. The van der Waals surface area contributed by atoms with E-state index in [0.29, 0.717) is 44.3 Å². The molecule has 0 saturated heterocycles. The second-order valence-electron chi connectivity index (χ2n) is 9.64. The topological polar surface area (TPSA) is 108 Å². The minimum atomic E-state index is -0.390. The maximum absolute atomic E-state index is 13.7. The van der Waals surface area contributed by atoms with Gasteiger partial charge in [0.1, 0.15) is 5.58 Å². The van der Waals surface area contributed by atoms with Crippen LogP contribution in [0.3, 0.4) is 0 Å². The van der Waals surface area contributed by atoms with Crippen LogP contribution in [-0.4, -0.2) is 35.5 Å². The normalized spacial score (nSPS) is 11.3. The zero-order chi connectivity index (χ0) is 29.9. The van der Waals surface area contributed by atoms with Crippen molar-refractivity contribution in [1.82, 2.24) is 9.66 Å². The first kappa shape index (κ1) is 27.7. The summed E-state index contributed by atoms with van der Waals surface area (Å²) in [5.74, 6) is 0.884. The highest BCUT2D eigenvalue weighted by molar-refractivity contribution is 6.31. The van der Waals surface area contributed by atoms with Gasteiger partial charge in [0, 0.05) is 21.7 Å². The summed E-state index contributed by atoms with van der Waals surface area (Å²) in [6.07, 6.45) is 1.46. The molecule has 0 aliphatic rings. The monoisotopic (exact) mass is 592 g/mol. The Balaban J connectivity index is 1.38. The van der Waals surface area contributed by atoms with Crippen molar-refractivity contribution in [3.63, 3.8) is 0 Å². The summed E-state index contributed by atoms with van der Waals surface area (Å²) in [6, 6.07) is 26.7. The third kappa shape index (κ3) is 5.71. The fourth-order valence-electron chi connectivity index (χ4n) is 4.62. The van der Waals surface area contributed by atoms with Gasteiger partial charge in [-0.15, -0.1) is 0 Å². The van der Waals surface area contributed by atoms with Gasteiger partial charge < -0.3 is 19.2 Å². The van der Waals surface area contributed by atoms with Crippen molar-refractivity contribution in [1.29, 1.82) is 0 Å². The molecule has 9 nitrogen and oxygen atoms in total. The van der Waals surface area contributed by atoms with Crippen LogP contribution < -0.4 is 20.3 Å². The Bertz CT molecular complexity index is 2080. The standard InChI is InChI=1S/C33H25ClN4O5/c1-20-8-3-5-11-25(20)36-30(39)19-42-31-21(9-7-13-28(31)41-2)18-35-38-32(37-26-12-6-4-10-24(26)33(38)40)29-17-22-16-23(34)14-15-27(22)43-29/h3-18H,19H2,1-2H3,(H,36,39). The van der Waals surface area contributed by atoms with Crippen LogP contribution in [0.25, 0.3) is 33.5 Å². The molecule has 0 aliphatic carbocycles. The van der Waals surface area contributed by atoms with E-state index in [1.54, 1.807) is 66.7 Å². The van der Waals surface area contributed by atoms with Crippen LogP contribution in [0.1, 0.15) is 11.1 Å². The Kier molecular flexibility index (Phi) is 7.63. The third-order valence-corrected chi connectivity index (χ3v) is 7.00. The molecule has 0 atom stereocenters. The van der Waals surface area contributed by atoms with Crippen molar-refractivity contribution < 1.29 is 18.7 Å². The molecular formula is C33H25ClN4O5. The Morgan fingerprint density at radius 3 is 2.70 bits per heavy atom. The van der Waals surface area contributed by atoms with Crippen LogP contribution in [0.5, 0.6) is 11.5 Å². The number of aromatic nitrogens is 2. The molecule has 214 valence electrons. The van der Waals surface area contributed by atoms with Gasteiger partial charge in [0.15, 0.2) is 23.9 Å². The number of rotatable bonds is 8. The fourth-order valence-corrected chi connectivity index (χ4v) is 4.80. The Hall–Kier alpha value is -5.41. The quantitative estimate of drug-likeness (QED) is 0.198. The number of halogens is 1. The summed E-state index contributed by atoms with van der Waals surface area (Å²) in [7, 11) is 1.50. The number of ether oxygens (including phenoxy) is 2. The minimum Gasteiger partial charge on any atom is -0.493 e. The first-order chi connectivity index (χ1) is 20.9. The Morgan fingerprint density at radius 1 is 1.05 bits per heavy atom. The molecule has 43 heavy (non-hydrogen) atoms. The lowest BCUT2D eigenvalue weighted by Crippen LogP contribution is -2.21. The first-order valence-corrected chi connectivity index (χ1v) is 13.7. The number of nitrogens with zero attached hydrogens (tertiary/aromatic N) is 3. The largest absolute Gasteiger partial charge is 0.493 e. The van der Waals surface area contributed by atoms with Gasteiger partial charge in [0.05, 0.1) is 24.2 Å². The minimum absolute atomic E-state index is 0.204. The van der Waals surface area contributed by atoms with Crippen LogP contribution in [-0.2, 0) is 4.79 Å². The lowest BCUT2D eigenvalue weighted by Gasteiger charge is -2.14. The SMILES string of the molecule is COc1cccc(C=Nn2c(-c3cc4cc(Cl)ccc4o3)nc3ccccc3c2=O)c1OCC(=O)Nc1ccccc1C. The number of hydrogen-bond acceptors (Lipinski definition) is 7. The average Bonchev–Trinajstić information content (AvgIpc) is 3.44. The Labute approximate surface area is 251 Å². The molecule has 0 radical (unpaired) electrons. The highest BCUT2D eigenvalue weighted by atomic mass is 35.5. The molecule has 0 fully saturated rings. The second kappa shape index (κ2) is 11.8. The number of methoxy groups -OCH3 is 1. The van der Waals surface area contributed by atoms with Gasteiger partial charge in [-0.3, -0.25) is 9.59 Å². The second-order valence-corrected chi connectivity index (χ2v) is 10.1. The van der Waals surface area contributed by atoms with Crippen molar-refractivity contribution in [3.05, 3.63) is 117 Å². The van der Waals surface area contributed by atoms with Crippen LogP contribution >= 0.6 is 11.6 Å². The van der Waals surface area contributed by atoms with Gasteiger partial charge in [0.25, 0.3) is 11.5 Å². The first-order valence-electron chi connectivity index (χ1n) is 13.3. The van der Waals surface area contributed by atoms with Crippen molar-refractivity contribution in [2.24, 2.45) is 5.10 Å². The molecule has 2 heterocycles. The van der Waals surface area contributed by atoms with E-state index in [2.05, 4.69) is 10.4 Å². The van der Waals surface area contributed by atoms with E-state index in [-0.39, 0.29) is 24.1 Å². The number of para-hydroxylation sites is 3. The Morgan fingerprint density at radius 2 is 1.86 bits per heavy atom. The van der Waals surface area contributed by atoms with E-state index in [4.69, 9.17) is 30.5 Å². The van der Waals surface area contributed by atoms with Crippen LogP contribution in [0.15, 0.2) is 105 Å². The summed E-state index contributed by atoms with van der Waals surface area (Å²) in [6.45, 7) is 1.63. The van der Waals surface area contributed by atoms with Crippen molar-refractivity contribution in [2.75, 3.05) is 19.0 Å². The number of furan rings is 1. The number of amides is 1. The van der Waals surface area contributed by atoms with Gasteiger partial charge in [-0.2, -0.15) is 9.78 Å². The molecule has 2 aromatic heterocycles. The highest BCUT2D eigenvalue weighted by Crippen LogP contribution is 2.31. The predicted octanol–water partition coefficient (Wildman–Crippen LogP) is 6.68. The van der Waals surface area contributed by atoms with Gasteiger partial charge in [-0.25, -0.2) is 4.98 Å². The molecule has 4 aromatic carbocycles. The van der Waals surface area contributed by atoms with Crippen LogP contribution in [0.2, 0.25) is 5.02 Å². The number of carbonyl (C=O) groups excluding carboxylic acids is 1. The molecule has 0 unspecified atom stereocenters. The molecule has 0 bridgehead atoms. The number of hydrogen-bond donors (Lipinski definition) is 1.